The van der Waals surface area contributed by atoms with Crippen LogP contribution < -0.4 is 10.3 Å². The van der Waals surface area contributed by atoms with Crippen LogP contribution in [0.25, 0.3) is 21.5 Å². The molecule has 2 aromatic heterocycles. The molecular weight excluding hydrogens is 414 g/mol. The highest BCUT2D eigenvalue weighted by Crippen LogP contribution is 2.26. The van der Waals surface area contributed by atoms with Gasteiger partial charge in [0.25, 0.3) is 5.56 Å². The van der Waals surface area contributed by atoms with Crippen LogP contribution in [0.1, 0.15) is 17.9 Å². The fraction of sp³-hybridized carbons (Fsp3) is 0.217. The van der Waals surface area contributed by atoms with Gasteiger partial charge in [0, 0.05) is 24.4 Å². The van der Waals surface area contributed by atoms with Crippen LogP contribution in [0.15, 0.2) is 58.7 Å². The van der Waals surface area contributed by atoms with E-state index < -0.39 is 0 Å². The Kier molecular flexibility index (Phi) is 6.08. The Morgan fingerprint density at radius 2 is 1.87 bits per heavy atom. The number of esters is 1. The Hall–Kier alpha value is -3.52. The summed E-state index contributed by atoms with van der Waals surface area (Å²) in [7, 11) is 3.29. The summed E-state index contributed by atoms with van der Waals surface area (Å²) in [5.74, 6) is 0.977. The number of aromatic nitrogens is 3. The van der Waals surface area contributed by atoms with Gasteiger partial charge in [-0.2, -0.15) is 0 Å². The molecule has 0 aliphatic rings. The molecule has 8 heteroatoms. The number of aryl methyl sites for hydroxylation is 1. The van der Waals surface area contributed by atoms with Crippen molar-refractivity contribution < 1.29 is 14.3 Å². The Morgan fingerprint density at radius 3 is 2.65 bits per heavy atom. The summed E-state index contributed by atoms with van der Waals surface area (Å²) in [6, 6.07) is 14.8. The third kappa shape index (κ3) is 4.64. The quantitative estimate of drug-likeness (QED) is 0.411. The molecule has 2 aromatic carbocycles. The second-order valence-corrected chi connectivity index (χ2v) is 7.80. The van der Waals surface area contributed by atoms with E-state index in [1.807, 2.05) is 35.7 Å². The number of nitrogens with zero attached hydrogens (tertiary/aromatic N) is 3. The summed E-state index contributed by atoms with van der Waals surface area (Å²) >= 11 is 1.49. The molecular formula is C23H21N3O4S. The van der Waals surface area contributed by atoms with E-state index in [0.717, 1.165) is 16.3 Å². The monoisotopic (exact) mass is 435 g/mol. The zero-order valence-electron chi connectivity index (χ0n) is 17.2. The van der Waals surface area contributed by atoms with Gasteiger partial charge in [-0.15, -0.1) is 11.3 Å². The van der Waals surface area contributed by atoms with E-state index in [9.17, 15) is 9.59 Å². The lowest BCUT2D eigenvalue weighted by Crippen LogP contribution is -2.23. The van der Waals surface area contributed by atoms with E-state index in [1.165, 1.54) is 15.9 Å². The SMILES string of the molecule is COc1ccc(-c2nc(COC(=O)CCc3nc4ccccc4c(=O)n3C)cs2)cc1. The van der Waals surface area contributed by atoms with E-state index in [-0.39, 0.29) is 24.6 Å². The number of hydrogen-bond donors (Lipinski definition) is 0. The van der Waals surface area contributed by atoms with Crippen LogP contribution in [0.5, 0.6) is 5.75 Å². The molecule has 0 N–H and O–H groups in total. The summed E-state index contributed by atoms with van der Waals surface area (Å²) in [4.78, 5) is 33.7. The average molecular weight is 436 g/mol. The number of thiazole rings is 1. The minimum absolute atomic E-state index is 0.107. The Morgan fingerprint density at radius 1 is 1.10 bits per heavy atom. The van der Waals surface area contributed by atoms with Crippen molar-refractivity contribution in [2.75, 3.05) is 7.11 Å². The van der Waals surface area contributed by atoms with Gasteiger partial charge in [0.15, 0.2) is 0 Å². The standard InChI is InChI=1S/C23H21N3O4S/c1-26-20(25-19-6-4-3-5-18(19)23(26)28)11-12-21(27)30-13-16-14-31-22(24-16)15-7-9-17(29-2)10-8-15/h3-10,14H,11-13H2,1-2H3. The third-order valence-corrected chi connectivity index (χ3v) is 5.84. The molecule has 4 aromatic rings. The lowest BCUT2D eigenvalue weighted by Gasteiger charge is -2.09. The van der Waals surface area contributed by atoms with Crippen molar-refractivity contribution in [3.63, 3.8) is 0 Å². The molecule has 158 valence electrons. The van der Waals surface area contributed by atoms with Gasteiger partial charge in [0.05, 0.1) is 30.1 Å². The van der Waals surface area contributed by atoms with E-state index >= 15 is 0 Å². The lowest BCUT2D eigenvalue weighted by atomic mass is 10.2. The molecule has 0 atom stereocenters. The molecule has 4 rings (SSSR count). The minimum atomic E-state index is -0.360. The highest BCUT2D eigenvalue weighted by Gasteiger charge is 2.12. The normalized spacial score (nSPS) is 10.9. The number of methoxy groups -OCH3 is 1. The molecule has 2 heterocycles. The van der Waals surface area contributed by atoms with Crippen LogP contribution in [-0.2, 0) is 29.6 Å². The number of benzene rings is 2. The molecule has 31 heavy (non-hydrogen) atoms. The number of rotatable bonds is 7. The lowest BCUT2D eigenvalue weighted by molar-refractivity contribution is -0.145. The number of hydrogen-bond acceptors (Lipinski definition) is 7. The molecule has 0 saturated heterocycles. The smallest absolute Gasteiger partial charge is 0.306 e. The van der Waals surface area contributed by atoms with E-state index in [4.69, 9.17) is 9.47 Å². The van der Waals surface area contributed by atoms with E-state index in [1.54, 1.807) is 32.4 Å². The van der Waals surface area contributed by atoms with Crippen molar-refractivity contribution in [2.24, 2.45) is 7.05 Å². The van der Waals surface area contributed by atoms with Gasteiger partial charge in [0.1, 0.15) is 23.2 Å². The predicted octanol–water partition coefficient (Wildman–Crippen LogP) is 3.74. The number of carbonyl (C=O) groups is 1. The largest absolute Gasteiger partial charge is 0.497 e. The molecule has 0 amide bonds. The fourth-order valence-electron chi connectivity index (χ4n) is 3.17. The molecule has 0 unspecified atom stereocenters. The molecule has 0 aliphatic heterocycles. The van der Waals surface area contributed by atoms with Crippen molar-refractivity contribution in [2.45, 2.75) is 19.4 Å². The number of ether oxygens (including phenoxy) is 2. The summed E-state index contributed by atoms with van der Waals surface area (Å²) in [6.45, 7) is 0.107. The maximum Gasteiger partial charge on any atom is 0.306 e. The first-order valence-electron chi connectivity index (χ1n) is 9.74. The molecule has 0 aliphatic carbocycles. The highest BCUT2D eigenvalue weighted by molar-refractivity contribution is 7.13. The minimum Gasteiger partial charge on any atom is -0.497 e. The van der Waals surface area contributed by atoms with Gasteiger partial charge >= 0.3 is 5.97 Å². The molecule has 0 bridgehead atoms. The molecule has 0 spiro atoms. The first kappa shape index (κ1) is 20.7. The van der Waals surface area contributed by atoms with Crippen LogP contribution in [0.4, 0.5) is 0 Å². The van der Waals surface area contributed by atoms with Gasteiger partial charge in [-0.1, -0.05) is 12.1 Å². The van der Waals surface area contributed by atoms with Crippen LogP contribution in [0.2, 0.25) is 0 Å². The van der Waals surface area contributed by atoms with Crippen molar-refractivity contribution >= 4 is 28.2 Å². The zero-order chi connectivity index (χ0) is 21.8. The van der Waals surface area contributed by atoms with Crippen LogP contribution in [-0.4, -0.2) is 27.6 Å². The fourth-order valence-corrected chi connectivity index (χ4v) is 3.98. The predicted molar refractivity (Wildman–Crippen MR) is 119 cm³/mol. The van der Waals surface area contributed by atoms with Crippen molar-refractivity contribution in [3.05, 3.63) is 75.8 Å². The second-order valence-electron chi connectivity index (χ2n) is 6.94. The zero-order valence-corrected chi connectivity index (χ0v) is 18.0. The van der Waals surface area contributed by atoms with Gasteiger partial charge in [-0.05, 0) is 36.4 Å². The van der Waals surface area contributed by atoms with Crippen molar-refractivity contribution in [1.29, 1.82) is 0 Å². The number of para-hydroxylation sites is 1. The highest BCUT2D eigenvalue weighted by atomic mass is 32.1. The summed E-state index contributed by atoms with van der Waals surface area (Å²) in [5, 5.41) is 3.29. The molecule has 7 nitrogen and oxygen atoms in total. The Balaban J connectivity index is 1.35. The van der Waals surface area contributed by atoms with Crippen LogP contribution in [0, 0.1) is 0 Å². The maximum absolute atomic E-state index is 12.5. The first-order chi connectivity index (χ1) is 15.0. The van der Waals surface area contributed by atoms with Gasteiger partial charge in [0.2, 0.25) is 0 Å². The topological polar surface area (TPSA) is 83.3 Å². The van der Waals surface area contributed by atoms with Gasteiger partial charge in [-0.3, -0.25) is 14.2 Å². The van der Waals surface area contributed by atoms with E-state index in [0.29, 0.717) is 28.8 Å². The Labute approximate surface area is 182 Å². The maximum atomic E-state index is 12.5. The molecule has 0 radical (unpaired) electrons. The van der Waals surface area contributed by atoms with Crippen LogP contribution >= 0.6 is 11.3 Å². The molecule has 0 saturated carbocycles. The average Bonchev–Trinajstić information content (AvgIpc) is 3.28. The van der Waals surface area contributed by atoms with Gasteiger partial charge in [-0.25, -0.2) is 9.97 Å². The van der Waals surface area contributed by atoms with Gasteiger partial charge < -0.3 is 9.47 Å². The van der Waals surface area contributed by atoms with E-state index in [2.05, 4.69) is 9.97 Å². The summed E-state index contributed by atoms with van der Waals surface area (Å²) in [6.07, 6.45) is 0.456. The third-order valence-electron chi connectivity index (χ3n) is 4.90. The second kappa shape index (κ2) is 9.09. The van der Waals surface area contributed by atoms with Crippen molar-refractivity contribution in [3.8, 4) is 16.3 Å². The molecule has 0 fully saturated rings. The first-order valence-corrected chi connectivity index (χ1v) is 10.6. The van der Waals surface area contributed by atoms with Crippen molar-refractivity contribution in [1.82, 2.24) is 14.5 Å². The van der Waals surface area contributed by atoms with Crippen LogP contribution in [0.3, 0.4) is 0 Å². The Bertz CT molecular complexity index is 1280. The number of carbonyl (C=O) groups excluding carboxylic acids is 1. The summed E-state index contributed by atoms with van der Waals surface area (Å²) in [5.41, 5.74) is 2.18. The summed E-state index contributed by atoms with van der Waals surface area (Å²) < 4.78 is 12.0. The number of fused-ring (bicyclic) bond motifs is 1.